The lowest BCUT2D eigenvalue weighted by atomic mass is 9.60. The second-order valence-corrected chi connectivity index (χ2v) is 8.43. The first kappa shape index (κ1) is 21.4. The summed E-state index contributed by atoms with van der Waals surface area (Å²) >= 11 is 0. The summed E-state index contributed by atoms with van der Waals surface area (Å²) in [5.41, 5.74) is 9.35. The zero-order valence-corrected chi connectivity index (χ0v) is 18.1. The molecule has 32 heavy (non-hydrogen) atoms. The van der Waals surface area contributed by atoms with E-state index in [1.54, 1.807) is 0 Å². The van der Waals surface area contributed by atoms with Gasteiger partial charge in [0, 0.05) is 31.5 Å². The molecule has 2 N–H and O–H groups in total. The van der Waals surface area contributed by atoms with Crippen molar-refractivity contribution in [1.29, 1.82) is 15.8 Å². The Kier molecular flexibility index (Phi) is 5.83. The van der Waals surface area contributed by atoms with Gasteiger partial charge in [0.2, 0.25) is 5.41 Å². The summed E-state index contributed by atoms with van der Waals surface area (Å²) in [4.78, 5) is 2.30. The van der Waals surface area contributed by atoms with E-state index in [1.807, 2.05) is 36.4 Å². The molecule has 158 valence electrons. The highest BCUT2D eigenvalue weighted by atomic mass is 15.1. The monoisotopic (exact) mass is 419 g/mol. The predicted octanol–water partition coefficient (Wildman–Crippen LogP) is 4.17. The van der Waals surface area contributed by atoms with Crippen LogP contribution in [0.3, 0.4) is 0 Å². The third-order valence-corrected chi connectivity index (χ3v) is 6.72. The van der Waals surface area contributed by atoms with E-state index in [-0.39, 0.29) is 17.5 Å². The van der Waals surface area contributed by atoms with Crippen molar-refractivity contribution >= 4 is 0 Å². The summed E-state index contributed by atoms with van der Waals surface area (Å²) < 4.78 is 0. The fourth-order valence-electron chi connectivity index (χ4n) is 5.01. The highest BCUT2D eigenvalue weighted by Crippen LogP contribution is 2.52. The maximum absolute atomic E-state index is 10.1. The zero-order valence-electron chi connectivity index (χ0n) is 18.1. The largest absolute Gasteiger partial charge is 0.399 e. The van der Waals surface area contributed by atoms with Gasteiger partial charge in [-0.05, 0) is 28.7 Å². The fraction of sp³-hybridized carbons (Fsp3) is 0.296. The van der Waals surface area contributed by atoms with Crippen LogP contribution in [0.4, 0.5) is 0 Å². The van der Waals surface area contributed by atoms with Crippen molar-refractivity contribution < 1.29 is 0 Å². The van der Waals surface area contributed by atoms with Crippen LogP contribution < -0.4 is 5.73 Å². The van der Waals surface area contributed by atoms with Crippen molar-refractivity contribution in [3.63, 3.8) is 0 Å². The molecule has 0 saturated heterocycles. The molecule has 4 rings (SSSR count). The van der Waals surface area contributed by atoms with Gasteiger partial charge in [0.1, 0.15) is 0 Å². The summed E-state index contributed by atoms with van der Waals surface area (Å²) in [7, 11) is 0. The maximum atomic E-state index is 10.1. The molecule has 0 radical (unpaired) electrons. The summed E-state index contributed by atoms with van der Waals surface area (Å²) in [6, 6.07) is 25.0. The fourth-order valence-corrected chi connectivity index (χ4v) is 5.01. The zero-order chi connectivity index (χ0) is 22.7. The molecular weight excluding hydrogens is 394 g/mol. The first-order chi connectivity index (χ1) is 15.6. The van der Waals surface area contributed by atoms with E-state index in [4.69, 9.17) is 5.73 Å². The molecule has 5 heteroatoms. The van der Waals surface area contributed by atoms with Crippen LogP contribution in [-0.2, 0) is 13.0 Å². The summed E-state index contributed by atoms with van der Waals surface area (Å²) in [5, 5.41) is 30.1. The normalized spacial score (nSPS) is 22.1. The van der Waals surface area contributed by atoms with Crippen LogP contribution in [-0.4, -0.2) is 18.0 Å². The van der Waals surface area contributed by atoms with Gasteiger partial charge in [0.25, 0.3) is 0 Å². The van der Waals surface area contributed by atoms with E-state index in [2.05, 4.69) is 54.3 Å². The first-order valence-electron chi connectivity index (χ1n) is 10.9. The lowest BCUT2D eigenvalue weighted by Crippen LogP contribution is -2.47. The third kappa shape index (κ3) is 3.46. The Balaban J connectivity index is 1.82. The minimum atomic E-state index is -1.59. The van der Waals surface area contributed by atoms with Crippen LogP contribution >= 0.6 is 0 Å². The van der Waals surface area contributed by atoms with Crippen molar-refractivity contribution in [3.05, 3.63) is 94.2 Å². The van der Waals surface area contributed by atoms with Gasteiger partial charge in [0.15, 0.2) is 0 Å². The minimum absolute atomic E-state index is 0.0774. The predicted molar refractivity (Wildman–Crippen MR) is 122 cm³/mol. The molecule has 1 heterocycles. The molecule has 2 atom stereocenters. The van der Waals surface area contributed by atoms with E-state index in [9.17, 15) is 15.8 Å². The van der Waals surface area contributed by atoms with Gasteiger partial charge in [-0.3, -0.25) is 4.90 Å². The Morgan fingerprint density at radius 3 is 2.28 bits per heavy atom. The van der Waals surface area contributed by atoms with Gasteiger partial charge in [-0.15, -0.1) is 0 Å². The van der Waals surface area contributed by atoms with E-state index in [0.29, 0.717) is 18.7 Å². The number of hydrogen-bond acceptors (Lipinski definition) is 5. The Labute approximate surface area is 189 Å². The second-order valence-electron chi connectivity index (χ2n) is 8.43. The molecule has 0 bridgehead atoms. The van der Waals surface area contributed by atoms with Crippen LogP contribution in [0, 0.1) is 45.3 Å². The molecule has 2 aromatic carbocycles. The molecule has 1 aliphatic carbocycles. The van der Waals surface area contributed by atoms with E-state index in [1.165, 1.54) is 11.1 Å². The van der Waals surface area contributed by atoms with Gasteiger partial charge >= 0.3 is 0 Å². The van der Waals surface area contributed by atoms with Crippen molar-refractivity contribution in [2.45, 2.75) is 25.8 Å². The Morgan fingerprint density at radius 2 is 1.69 bits per heavy atom. The Hall–Kier alpha value is -3.85. The smallest absolute Gasteiger partial charge is 0.204 e. The average molecular weight is 420 g/mol. The molecule has 2 unspecified atom stereocenters. The lowest BCUT2D eigenvalue weighted by molar-refractivity contribution is 0.218. The standard InChI is InChI=1S/C27H25N5/c1-2-19-8-10-21(11-9-19)25-22(14-28)26(31)27(17-29,18-30)24-12-13-32(16-23(24)25)15-20-6-4-3-5-7-20/h3-12,23,25H,2,13,15-16,31H2,1H3. The number of fused-ring (bicyclic) bond motifs is 1. The third-order valence-electron chi connectivity index (χ3n) is 6.72. The lowest BCUT2D eigenvalue weighted by Gasteiger charge is -2.45. The van der Waals surface area contributed by atoms with Gasteiger partial charge in [0.05, 0.1) is 29.5 Å². The molecular formula is C27H25N5. The number of aryl methyl sites for hydroxylation is 1. The number of nitrogens with two attached hydrogens (primary N) is 1. The number of nitriles is 3. The van der Waals surface area contributed by atoms with Gasteiger partial charge in [-0.1, -0.05) is 67.6 Å². The van der Waals surface area contributed by atoms with E-state index < -0.39 is 5.41 Å². The molecule has 0 amide bonds. The highest BCUT2D eigenvalue weighted by molar-refractivity contribution is 5.58. The van der Waals surface area contributed by atoms with Crippen LogP contribution in [0.25, 0.3) is 0 Å². The van der Waals surface area contributed by atoms with Crippen molar-refractivity contribution in [2.75, 3.05) is 13.1 Å². The Morgan fingerprint density at radius 1 is 1.00 bits per heavy atom. The second kappa shape index (κ2) is 8.72. The molecule has 0 saturated carbocycles. The summed E-state index contributed by atoms with van der Waals surface area (Å²) in [5.74, 6) is -0.466. The van der Waals surface area contributed by atoms with Crippen molar-refractivity contribution in [2.24, 2.45) is 17.1 Å². The van der Waals surface area contributed by atoms with Gasteiger partial charge < -0.3 is 5.73 Å². The number of nitrogens with zero attached hydrogens (tertiary/aromatic N) is 4. The van der Waals surface area contributed by atoms with Crippen LogP contribution in [0.1, 0.15) is 29.5 Å². The quantitative estimate of drug-likeness (QED) is 0.750. The van der Waals surface area contributed by atoms with Crippen molar-refractivity contribution in [3.8, 4) is 18.2 Å². The molecule has 0 spiro atoms. The molecule has 0 fully saturated rings. The average Bonchev–Trinajstić information content (AvgIpc) is 2.84. The van der Waals surface area contributed by atoms with Crippen molar-refractivity contribution in [1.82, 2.24) is 4.90 Å². The maximum Gasteiger partial charge on any atom is 0.204 e. The van der Waals surface area contributed by atoms with E-state index >= 15 is 0 Å². The van der Waals surface area contributed by atoms with Crippen LogP contribution in [0.15, 0.2) is 77.5 Å². The number of allylic oxidation sites excluding steroid dienone is 2. The number of benzene rings is 2. The topological polar surface area (TPSA) is 101 Å². The molecule has 0 aromatic heterocycles. The van der Waals surface area contributed by atoms with Gasteiger partial charge in [-0.25, -0.2) is 0 Å². The molecule has 1 aliphatic heterocycles. The highest BCUT2D eigenvalue weighted by Gasteiger charge is 2.52. The number of rotatable bonds is 4. The Bertz CT molecular complexity index is 1170. The molecule has 5 nitrogen and oxygen atoms in total. The SMILES string of the molecule is CCc1ccc(C2C(C#N)=C(N)C(C#N)(C#N)C3=CCN(Cc4ccccc4)CC32)cc1. The number of hydrogen-bond donors (Lipinski definition) is 1. The first-order valence-corrected chi connectivity index (χ1v) is 10.9. The summed E-state index contributed by atoms with van der Waals surface area (Å²) in [6.45, 7) is 4.13. The molecule has 2 aliphatic rings. The van der Waals surface area contributed by atoms with E-state index in [0.717, 1.165) is 24.1 Å². The van der Waals surface area contributed by atoms with Crippen LogP contribution in [0.2, 0.25) is 0 Å². The van der Waals surface area contributed by atoms with Crippen LogP contribution in [0.5, 0.6) is 0 Å². The minimum Gasteiger partial charge on any atom is -0.399 e. The summed E-state index contributed by atoms with van der Waals surface area (Å²) in [6.07, 6.45) is 2.91. The molecule has 2 aromatic rings. The van der Waals surface area contributed by atoms with Gasteiger partial charge in [-0.2, -0.15) is 15.8 Å².